The van der Waals surface area contributed by atoms with Crippen LogP contribution >= 0.6 is 0 Å². The summed E-state index contributed by atoms with van der Waals surface area (Å²) in [6, 6.07) is 30.2. The van der Waals surface area contributed by atoms with E-state index < -0.39 is 0 Å². The molecule has 0 saturated carbocycles. The minimum Gasteiger partial charge on any atom is -0.497 e. The molecule has 0 saturated heterocycles. The first kappa shape index (κ1) is 33.8. The van der Waals surface area contributed by atoms with E-state index in [0.29, 0.717) is 26.4 Å². The molecule has 2 atom stereocenters. The Morgan fingerprint density at radius 3 is 0.909 bits per heavy atom. The Kier molecular flexibility index (Phi) is 14.4. The molecule has 4 aromatic carbocycles. The highest BCUT2D eigenvalue weighted by Gasteiger charge is 2.07. The van der Waals surface area contributed by atoms with E-state index in [2.05, 4.69) is 0 Å². The number of hydrogen-bond acceptors (Lipinski definition) is 8. The van der Waals surface area contributed by atoms with Crippen LogP contribution in [-0.4, -0.2) is 52.9 Å². The van der Waals surface area contributed by atoms with Crippen molar-refractivity contribution >= 4 is 0 Å². The Balaban J connectivity index is 0.000000240. The molecule has 0 fully saturated rings. The summed E-state index contributed by atoms with van der Waals surface area (Å²) in [5.41, 5.74) is 0. The molecule has 0 N–H and O–H groups in total. The summed E-state index contributed by atoms with van der Waals surface area (Å²) >= 11 is 0. The summed E-state index contributed by atoms with van der Waals surface area (Å²) < 4.78 is 44.0. The lowest BCUT2D eigenvalue weighted by Crippen LogP contribution is -2.21. The summed E-state index contributed by atoms with van der Waals surface area (Å²) in [6.07, 6.45) is -0.111. The average molecular weight is 605 g/mol. The topological polar surface area (TPSA) is 73.8 Å². The summed E-state index contributed by atoms with van der Waals surface area (Å²) in [4.78, 5) is 0. The Hall–Kier alpha value is -4.72. The Morgan fingerprint density at radius 2 is 0.636 bits per heavy atom. The largest absolute Gasteiger partial charge is 0.497 e. The molecule has 0 heterocycles. The van der Waals surface area contributed by atoms with E-state index in [1.165, 1.54) is 0 Å². The van der Waals surface area contributed by atoms with Crippen LogP contribution in [0.2, 0.25) is 0 Å². The lowest BCUT2D eigenvalue weighted by Gasteiger charge is -2.16. The first-order chi connectivity index (χ1) is 21.4. The highest BCUT2D eigenvalue weighted by Crippen LogP contribution is 2.22. The highest BCUT2D eigenvalue weighted by molar-refractivity contribution is 5.33. The molecule has 0 aliphatic rings. The van der Waals surface area contributed by atoms with Gasteiger partial charge in [-0.05, 0) is 125 Å². The molecular weight excluding hydrogens is 560 g/mol. The first-order valence-corrected chi connectivity index (χ1v) is 14.7. The normalized spacial score (nSPS) is 11.6. The van der Waals surface area contributed by atoms with Crippen molar-refractivity contribution in [2.45, 2.75) is 39.9 Å². The second kappa shape index (κ2) is 18.7. The van der Waals surface area contributed by atoms with Gasteiger partial charge >= 0.3 is 0 Å². The predicted molar refractivity (Wildman–Crippen MR) is 172 cm³/mol. The van der Waals surface area contributed by atoms with Crippen molar-refractivity contribution in [1.29, 1.82) is 0 Å². The zero-order valence-electron chi connectivity index (χ0n) is 26.5. The maximum atomic E-state index is 5.81. The van der Waals surface area contributed by atoms with Gasteiger partial charge in [-0.3, -0.25) is 0 Å². The van der Waals surface area contributed by atoms with Crippen LogP contribution in [0.3, 0.4) is 0 Å². The number of ether oxygens (including phenoxy) is 8. The van der Waals surface area contributed by atoms with Crippen LogP contribution in [0.1, 0.15) is 27.7 Å². The van der Waals surface area contributed by atoms with Crippen LogP contribution in [0.5, 0.6) is 46.0 Å². The van der Waals surface area contributed by atoms with E-state index in [1.807, 2.05) is 125 Å². The van der Waals surface area contributed by atoms with Crippen LogP contribution in [0, 0.1) is 0 Å². The summed E-state index contributed by atoms with van der Waals surface area (Å²) in [7, 11) is 3.28. The summed E-state index contributed by atoms with van der Waals surface area (Å²) in [5.74, 6) is 6.50. The van der Waals surface area contributed by atoms with Gasteiger partial charge in [0.05, 0.1) is 27.4 Å². The van der Waals surface area contributed by atoms with Gasteiger partial charge in [0.15, 0.2) is 0 Å². The second-order valence-corrected chi connectivity index (χ2v) is 9.64. The van der Waals surface area contributed by atoms with E-state index >= 15 is 0 Å². The van der Waals surface area contributed by atoms with Crippen LogP contribution in [0.15, 0.2) is 97.1 Å². The van der Waals surface area contributed by atoms with E-state index in [4.69, 9.17) is 37.9 Å². The van der Waals surface area contributed by atoms with Crippen molar-refractivity contribution in [3.05, 3.63) is 97.1 Å². The molecule has 8 heteroatoms. The average Bonchev–Trinajstić information content (AvgIpc) is 3.05. The SMILES string of the molecule is CCOc1ccc(OC(C)COc2ccc(OC)cc2)cc1.CCOc1ccc(OCC(C)Oc2ccc(OC)cc2)cc1. The summed E-state index contributed by atoms with van der Waals surface area (Å²) in [5, 5.41) is 0. The van der Waals surface area contributed by atoms with Gasteiger partial charge in [-0.1, -0.05) is 0 Å². The zero-order valence-corrected chi connectivity index (χ0v) is 26.5. The fourth-order valence-corrected chi connectivity index (χ4v) is 3.87. The van der Waals surface area contributed by atoms with Crippen LogP contribution < -0.4 is 37.9 Å². The Bertz CT molecular complexity index is 1310. The van der Waals surface area contributed by atoms with Gasteiger partial charge < -0.3 is 37.9 Å². The molecule has 8 nitrogen and oxygen atoms in total. The third-order valence-corrected chi connectivity index (χ3v) is 6.03. The standard InChI is InChI=1S/2C18H22O4/c1-4-20-16-7-9-17(10-8-16)21-13-14(2)22-18-11-5-15(19-3)6-12-18;1-4-20-16-9-11-18(12-10-16)22-14(2)13-21-17-7-5-15(19-3)6-8-17/h2*5-12,14H,4,13H2,1-3H3. The smallest absolute Gasteiger partial charge is 0.130 e. The fraction of sp³-hybridized carbons (Fsp3) is 0.333. The minimum absolute atomic E-state index is 0.0555. The molecule has 4 rings (SSSR count). The van der Waals surface area contributed by atoms with Crippen molar-refractivity contribution < 1.29 is 37.9 Å². The van der Waals surface area contributed by atoms with E-state index in [-0.39, 0.29) is 12.2 Å². The monoisotopic (exact) mass is 604 g/mol. The third-order valence-electron chi connectivity index (χ3n) is 6.03. The number of methoxy groups -OCH3 is 2. The van der Waals surface area contributed by atoms with Crippen molar-refractivity contribution in [3.63, 3.8) is 0 Å². The molecule has 4 aromatic rings. The molecule has 44 heavy (non-hydrogen) atoms. The summed E-state index contributed by atoms with van der Waals surface area (Å²) in [6.45, 7) is 10.1. The number of rotatable bonds is 16. The first-order valence-electron chi connectivity index (χ1n) is 14.7. The van der Waals surface area contributed by atoms with E-state index in [0.717, 1.165) is 46.0 Å². The van der Waals surface area contributed by atoms with Gasteiger partial charge in [-0.15, -0.1) is 0 Å². The molecule has 0 bridgehead atoms. The maximum Gasteiger partial charge on any atom is 0.130 e. The van der Waals surface area contributed by atoms with Gasteiger partial charge in [0.1, 0.15) is 71.4 Å². The quantitative estimate of drug-likeness (QED) is 0.128. The molecule has 0 aliphatic carbocycles. The molecule has 0 radical (unpaired) electrons. The maximum absolute atomic E-state index is 5.81. The van der Waals surface area contributed by atoms with Gasteiger partial charge in [0, 0.05) is 0 Å². The Labute approximate surface area is 261 Å². The van der Waals surface area contributed by atoms with Crippen molar-refractivity contribution in [2.75, 3.05) is 40.6 Å². The van der Waals surface area contributed by atoms with Crippen molar-refractivity contribution in [1.82, 2.24) is 0 Å². The van der Waals surface area contributed by atoms with Crippen LogP contribution in [0.4, 0.5) is 0 Å². The number of hydrogen-bond donors (Lipinski definition) is 0. The lowest BCUT2D eigenvalue weighted by molar-refractivity contribution is 0.143. The third kappa shape index (κ3) is 12.3. The molecule has 2 unspecified atom stereocenters. The van der Waals surface area contributed by atoms with Gasteiger partial charge in [-0.25, -0.2) is 0 Å². The molecular formula is C36H44O8. The lowest BCUT2D eigenvalue weighted by atomic mass is 10.3. The van der Waals surface area contributed by atoms with Gasteiger partial charge in [0.25, 0.3) is 0 Å². The Morgan fingerprint density at radius 1 is 0.386 bits per heavy atom. The highest BCUT2D eigenvalue weighted by atomic mass is 16.5. The van der Waals surface area contributed by atoms with Crippen molar-refractivity contribution in [2.24, 2.45) is 0 Å². The van der Waals surface area contributed by atoms with Crippen LogP contribution in [-0.2, 0) is 0 Å². The van der Waals surface area contributed by atoms with Gasteiger partial charge in [0.2, 0.25) is 0 Å². The molecule has 0 aromatic heterocycles. The molecule has 0 aliphatic heterocycles. The predicted octanol–water partition coefficient (Wildman–Crippen LogP) is 7.88. The molecule has 0 spiro atoms. The molecule has 236 valence electrons. The van der Waals surface area contributed by atoms with Crippen molar-refractivity contribution in [3.8, 4) is 46.0 Å². The zero-order chi connectivity index (χ0) is 31.6. The van der Waals surface area contributed by atoms with E-state index in [9.17, 15) is 0 Å². The molecule has 0 amide bonds. The van der Waals surface area contributed by atoms with Gasteiger partial charge in [-0.2, -0.15) is 0 Å². The number of benzene rings is 4. The fourth-order valence-electron chi connectivity index (χ4n) is 3.87. The van der Waals surface area contributed by atoms with E-state index in [1.54, 1.807) is 14.2 Å². The minimum atomic E-state index is -0.0556. The van der Waals surface area contributed by atoms with Crippen LogP contribution in [0.25, 0.3) is 0 Å². The second-order valence-electron chi connectivity index (χ2n) is 9.64.